The predicted molar refractivity (Wildman–Crippen MR) is 91.1 cm³/mol. The number of thioether (sulfide) groups is 1. The summed E-state index contributed by atoms with van der Waals surface area (Å²) >= 11 is 1.74. The molecule has 1 atom stereocenters. The molecule has 126 valence electrons. The van der Waals surface area contributed by atoms with Crippen LogP contribution in [-0.2, 0) is 17.0 Å². The van der Waals surface area contributed by atoms with Gasteiger partial charge in [-0.15, -0.1) is 0 Å². The number of amides is 1. The van der Waals surface area contributed by atoms with Crippen molar-refractivity contribution in [2.45, 2.75) is 58.1 Å². The monoisotopic (exact) mass is 328 g/mol. The van der Waals surface area contributed by atoms with Gasteiger partial charge in [-0.25, -0.2) is 4.79 Å². The molecule has 0 radical (unpaired) electrons. The normalized spacial score (nSPS) is 13.0. The molecule has 1 rings (SSSR count). The maximum absolute atomic E-state index is 11.8. The average Bonchev–Trinajstić information content (AvgIpc) is 2.83. The topological polar surface area (TPSA) is 63.5 Å². The Labute approximate surface area is 137 Å². The zero-order valence-electron chi connectivity index (χ0n) is 14.2. The van der Waals surface area contributed by atoms with Gasteiger partial charge < -0.3 is 19.8 Å². The number of rotatable bonds is 8. The zero-order chi connectivity index (χ0) is 16.6. The fourth-order valence-corrected chi connectivity index (χ4v) is 2.32. The second kappa shape index (κ2) is 9.10. The molecular weight excluding hydrogens is 300 g/mol. The minimum absolute atomic E-state index is 0.0375. The average molecular weight is 328 g/mol. The molecule has 5 nitrogen and oxygen atoms in total. The van der Waals surface area contributed by atoms with Crippen LogP contribution in [0.4, 0.5) is 4.79 Å². The van der Waals surface area contributed by atoms with E-state index >= 15 is 0 Å². The molecule has 2 N–H and O–H groups in total. The second-order valence-electron chi connectivity index (χ2n) is 6.18. The van der Waals surface area contributed by atoms with Crippen molar-refractivity contribution in [1.29, 1.82) is 0 Å². The Morgan fingerprint density at radius 3 is 2.64 bits per heavy atom. The van der Waals surface area contributed by atoms with Crippen LogP contribution in [0, 0.1) is 0 Å². The largest absolute Gasteiger partial charge is 0.464 e. The zero-order valence-corrected chi connectivity index (χ0v) is 15.0. The molecule has 1 heterocycles. The first-order chi connectivity index (χ1) is 10.3. The highest BCUT2D eigenvalue weighted by Crippen LogP contribution is 2.13. The van der Waals surface area contributed by atoms with Gasteiger partial charge >= 0.3 is 6.09 Å². The van der Waals surface area contributed by atoms with Crippen LogP contribution in [-0.4, -0.2) is 30.5 Å². The minimum Gasteiger partial charge on any atom is -0.464 e. The Bertz CT molecular complexity index is 454. The van der Waals surface area contributed by atoms with Crippen molar-refractivity contribution in [2.75, 3.05) is 12.8 Å². The van der Waals surface area contributed by atoms with Crippen molar-refractivity contribution in [3.8, 4) is 0 Å². The number of ether oxygens (including phenoxy) is 1. The Balaban J connectivity index is 2.32. The smallest absolute Gasteiger partial charge is 0.407 e. The summed E-state index contributed by atoms with van der Waals surface area (Å²) in [5.41, 5.74) is -0.475. The molecular formula is C16H28N2O3S. The third-order valence-corrected chi connectivity index (χ3v) is 3.48. The number of furan rings is 1. The lowest BCUT2D eigenvalue weighted by Gasteiger charge is -2.23. The van der Waals surface area contributed by atoms with E-state index in [2.05, 4.69) is 16.9 Å². The lowest BCUT2D eigenvalue weighted by atomic mass is 10.2. The fraction of sp³-hybridized carbons (Fsp3) is 0.688. The van der Waals surface area contributed by atoms with Crippen molar-refractivity contribution in [3.63, 3.8) is 0 Å². The van der Waals surface area contributed by atoms with Crippen LogP contribution in [0.3, 0.4) is 0 Å². The molecule has 6 heteroatoms. The van der Waals surface area contributed by atoms with E-state index in [1.807, 2.05) is 39.8 Å². The van der Waals surface area contributed by atoms with E-state index in [1.165, 1.54) is 0 Å². The third-order valence-electron chi connectivity index (χ3n) is 2.91. The summed E-state index contributed by atoms with van der Waals surface area (Å²) in [6.07, 6.45) is 2.51. The van der Waals surface area contributed by atoms with E-state index in [1.54, 1.807) is 11.8 Å². The first-order valence-electron chi connectivity index (χ1n) is 7.60. The van der Waals surface area contributed by atoms with Gasteiger partial charge in [0.15, 0.2) is 0 Å². The van der Waals surface area contributed by atoms with Gasteiger partial charge in [0.05, 0.1) is 12.3 Å². The van der Waals surface area contributed by atoms with Crippen LogP contribution in [0.25, 0.3) is 0 Å². The lowest BCUT2D eigenvalue weighted by Crippen LogP contribution is -2.43. The molecule has 22 heavy (non-hydrogen) atoms. The summed E-state index contributed by atoms with van der Waals surface area (Å²) in [4.78, 5) is 11.8. The van der Waals surface area contributed by atoms with Crippen LogP contribution in [0.5, 0.6) is 0 Å². The molecule has 1 amide bonds. The molecule has 1 aromatic heterocycles. The van der Waals surface area contributed by atoms with Gasteiger partial charge in [-0.05, 0) is 45.6 Å². The molecule has 0 bridgehead atoms. The van der Waals surface area contributed by atoms with Crippen LogP contribution in [0.1, 0.15) is 45.6 Å². The molecule has 1 aromatic rings. The standard InChI is InChI=1S/C16H28N2O3S/c1-6-12(18-15(19)21-16(2,3)4)9-17-10-13-7-8-14(20-13)11-22-5/h7-8,12,17H,6,9-11H2,1-5H3,(H,18,19). The predicted octanol–water partition coefficient (Wildman–Crippen LogP) is 3.54. The Hall–Kier alpha value is -1.14. The summed E-state index contributed by atoms with van der Waals surface area (Å²) in [6.45, 7) is 8.93. The molecule has 0 aliphatic carbocycles. The van der Waals surface area contributed by atoms with Crippen molar-refractivity contribution in [1.82, 2.24) is 10.6 Å². The third kappa shape index (κ3) is 7.75. The van der Waals surface area contributed by atoms with Crippen molar-refractivity contribution in [3.05, 3.63) is 23.7 Å². The summed E-state index contributed by atoms with van der Waals surface area (Å²) in [7, 11) is 0. The number of alkyl carbamates (subject to hydrolysis) is 1. The quantitative estimate of drug-likeness (QED) is 0.764. The van der Waals surface area contributed by atoms with Gasteiger partial charge in [0, 0.05) is 12.6 Å². The highest BCUT2D eigenvalue weighted by molar-refractivity contribution is 7.97. The number of carbonyl (C=O) groups is 1. The molecule has 0 aliphatic heterocycles. The Kier molecular flexibility index (Phi) is 7.82. The molecule has 0 aromatic carbocycles. The number of hydrogen-bond acceptors (Lipinski definition) is 5. The summed E-state index contributed by atoms with van der Waals surface area (Å²) in [6, 6.07) is 4.03. The highest BCUT2D eigenvalue weighted by atomic mass is 32.2. The maximum atomic E-state index is 11.8. The molecule has 0 spiro atoms. The Morgan fingerprint density at radius 1 is 1.36 bits per heavy atom. The van der Waals surface area contributed by atoms with E-state index in [-0.39, 0.29) is 12.1 Å². The van der Waals surface area contributed by atoms with E-state index in [4.69, 9.17) is 9.15 Å². The van der Waals surface area contributed by atoms with E-state index in [9.17, 15) is 4.79 Å². The Morgan fingerprint density at radius 2 is 2.05 bits per heavy atom. The first-order valence-corrected chi connectivity index (χ1v) is 9.00. The maximum Gasteiger partial charge on any atom is 0.407 e. The van der Waals surface area contributed by atoms with Gasteiger partial charge in [0.25, 0.3) is 0 Å². The number of hydrogen-bond donors (Lipinski definition) is 2. The van der Waals surface area contributed by atoms with E-state index in [0.717, 1.165) is 23.7 Å². The second-order valence-corrected chi connectivity index (χ2v) is 7.05. The summed E-state index contributed by atoms with van der Waals surface area (Å²) < 4.78 is 11.0. The minimum atomic E-state index is -0.475. The van der Waals surface area contributed by atoms with Crippen molar-refractivity contribution in [2.24, 2.45) is 0 Å². The molecule has 0 saturated heterocycles. The van der Waals surface area contributed by atoms with Gasteiger partial charge in [-0.2, -0.15) is 11.8 Å². The van der Waals surface area contributed by atoms with Gasteiger partial charge in [-0.3, -0.25) is 0 Å². The van der Waals surface area contributed by atoms with Crippen molar-refractivity contribution < 1.29 is 13.9 Å². The summed E-state index contributed by atoms with van der Waals surface area (Å²) in [5, 5.41) is 6.18. The SMILES string of the molecule is CCC(CNCc1ccc(CSC)o1)NC(=O)OC(C)(C)C. The van der Waals surface area contributed by atoms with Gasteiger partial charge in [-0.1, -0.05) is 6.92 Å². The highest BCUT2D eigenvalue weighted by Gasteiger charge is 2.18. The van der Waals surface area contributed by atoms with E-state index < -0.39 is 5.60 Å². The molecule has 1 unspecified atom stereocenters. The first kappa shape index (κ1) is 18.9. The number of nitrogens with one attached hydrogen (secondary N) is 2. The lowest BCUT2D eigenvalue weighted by molar-refractivity contribution is 0.0502. The van der Waals surface area contributed by atoms with Crippen LogP contribution >= 0.6 is 11.8 Å². The van der Waals surface area contributed by atoms with Gasteiger partial charge in [0.2, 0.25) is 0 Å². The molecule has 0 fully saturated rings. The summed E-state index contributed by atoms with van der Waals surface area (Å²) in [5.74, 6) is 2.79. The molecule has 0 aliphatic rings. The van der Waals surface area contributed by atoms with Crippen LogP contribution in [0.2, 0.25) is 0 Å². The van der Waals surface area contributed by atoms with E-state index in [0.29, 0.717) is 13.1 Å². The van der Waals surface area contributed by atoms with Crippen molar-refractivity contribution >= 4 is 17.9 Å². The van der Waals surface area contributed by atoms with Crippen LogP contribution in [0.15, 0.2) is 16.5 Å². The van der Waals surface area contributed by atoms with Gasteiger partial charge in [0.1, 0.15) is 17.1 Å². The number of carbonyl (C=O) groups excluding carboxylic acids is 1. The molecule has 0 saturated carbocycles. The van der Waals surface area contributed by atoms with Crippen LogP contribution < -0.4 is 10.6 Å². The fourth-order valence-electron chi connectivity index (χ4n) is 1.88.